The number of hydrogen-bond donors (Lipinski definition) is 1. The van der Waals surface area contributed by atoms with Crippen LogP contribution in [0.25, 0.3) is 0 Å². The Kier molecular flexibility index (Phi) is 11.1. The molecule has 0 unspecified atom stereocenters. The normalized spacial score (nSPS) is 22.1. The second-order valence-electron chi connectivity index (χ2n) is 10.2. The van der Waals surface area contributed by atoms with E-state index in [4.69, 9.17) is 28.4 Å². The average molecular weight is 571 g/mol. The van der Waals surface area contributed by atoms with Crippen molar-refractivity contribution in [1.82, 2.24) is 0 Å². The fourth-order valence-corrected chi connectivity index (χ4v) is 4.93. The van der Waals surface area contributed by atoms with Crippen molar-refractivity contribution in [3.63, 3.8) is 0 Å². The Balaban J connectivity index is 1.41. The molecule has 0 amide bonds. The van der Waals surface area contributed by atoms with Gasteiger partial charge in [-0.05, 0) is 34.4 Å². The minimum Gasteiger partial charge on any atom is -0.497 e. The fraction of sp³-hybridized carbons (Fsp3) is 0.314. The SMILES string of the molecule is COc1ccc(CO[C@@H]2[C@H](OCc3ccccc3)[C@@H](OCc3ccccc3)[C@H](OCc3ccccc3)O[C@@H]2CO)cc1. The van der Waals surface area contributed by atoms with Crippen LogP contribution in [0.1, 0.15) is 22.3 Å². The molecule has 5 atom stereocenters. The lowest BCUT2D eigenvalue weighted by molar-refractivity contribution is -0.329. The van der Waals surface area contributed by atoms with Crippen molar-refractivity contribution in [2.75, 3.05) is 13.7 Å². The number of ether oxygens (including phenoxy) is 6. The van der Waals surface area contributed by atoms with Crippen LogP contribution in [0.15, 0.2) is 115 Å². The largest absolute Gasteiger partial charge is 0.497 e. The summed E-state index contributed by atoms with van der Waals surface area (Å²) in [4.78, 5) is 0. The van der Waals surface area contributed by atoms with Crippen LogP contribution in [0.2, 0.25) is 0 Å². The molecule has 7 nitrogen and oxygen atoms in total. The molecule has 42 heavy (non-hydrogen) atoms. The number of benzene rings is 4. The van der Waals surface area contributed by atoms with Crippen molar-refractivity contribution in [3.05, 3.63) is 138 Å². The van der Waals surface area contributed by atoms with Crippen LogP contribution in [0.4, 0.5) is 0 Å². The Morgan fingerprint density at radius 1 is 0.524 bits per heavy atom. The number of methoxy groups -OCH3 is 1. The molecule has 0 saturated carbocycles. The van der Waals surface area contributed by atoms with Gasteiger partial charge in [0, 0.05) is 0 Å². The maximum Gasteiger partial charge on any atom is 0.187 e. The lowest BCUT2D eigenvalue weighted by Gasteiger charge is -2.45. The van der Waals surface area contributed by atoms with Crippen LogP contribution in [0, 0.1) is 0 Å². The average Bonchev–Trinajstić information content (AvgIpc) is 3.06. The molecule has 220 valence electrons. The number of hydrogen-bond acceptors (Lipinski definition) is 7. The standard InChI is InChI=1S/C35H38O7/c1-37-30-19-17-29(18-20-30)24-38-32-31(21-36)42-35(41-25-28-15-9-4-10-16-28)34(40-23-27-13-7-3-8-14-27)33(32)39-22-26-11-5-2-6-12-26/h2-20,31-36H,21-25H2,1H3/t31-,32+,33+,34-,35-/m1/s1. The molecule has 0 bridgehead atoms. The van der Waals surface area contributed by atoms with Crippen LogP contribution in [0.5, 0.6) is 5.75 Å². The molecule has 5 rings (SSSR count). The number of aliphatic hydroxyl groups is 1. The van der Waals surface area contributed by atoms with Crippen molar-refractivity contribution < 1.29 is 33.5 Å². The highest BCUT2D eigenvalue weighted by atomic mass is 16.7. The molecule has 7 heteroatoms. The van der Waals surface area contributed by atoms with E-state index >= 15 is 0 Å². The van der Waals surface area contributed by atoms with Gasteiger partial charge in [-0.25, -0.2) is 0 Å². The summed E-state index contributed by atoms with van der Waals surface area (Å²) >= 11 is 0. The summed E-state index contributed by atoms with van der Waals surface area (Å²) in [7, 11) is 1.64. The molecule has 1 fully saturated rings. The summed E-state index contributed by atoms with van der Waals surface area (Å²) in [6.45, 7) is 1.01. The minimum absolute atomic E-state index is 0.269. The van der Waals surface area contributed by atoms with Gasteiger partial charge in [-0.3, -0.25) is 0 Å². The van der Waals surface area contributed by atoms with Crippen molar-refractivity contribution in [2.24, 2.45) is 0 Å². The molecule has 0 spiro atoms. The van der Waals surface area contributed by atoms with E-state index < -0.39 is 30.7 Å². The van der Waals surface area contributed by atoms with Crippen LogP contribution in [0.3, 0.4) is 0 Å². The van der Waals surface area contributed by atoms with Crippen molar-refractivity contribution >= 4 is 0 Å². The van der Waals surface area contributed by atoms with Gasteiger partial charge in [-0.15, -0.1) is 0 Å². The van der Waals surface area contributed by atoms with Gasteiger partial charge in [0.25, 0.3) is 0 Å². The number of rotatable bonds is 14. The monoisotopic (exact) mass is 570 g/mol. The fourth-order valence-electron chi connectivity index (χ4n) is 4.93. The van der Waals surface area contributed by atoms with E-state index in [0.717, 1.165) is 28.0 Å². The van der Waals surface area contributed by atoms with E-state index in [-0.39, 0.29) is 6.61 Å². The first-order valence-corrected chi connectivity index (χ1v) is 14.2. The van der Waals surface area contributed by atoms with Gasteiger partial charge < -0.3 is 33.5 Å². The molecular weight excluding hydrogens is 532 g/mol. The highest BCUT2D eigenvalue weighted by Gasteiger charge is 2.48. The summed E-state index contributed by atoms with van der Waals surface area (Å²) in [5, 5.41) is 10.5. The molecule has 1 saturated heterocycles. The Morgan fingerprint density at radius 3 is 1.43 bits per heavy atom. The molecule has 1 aliphatic rings. The highest BCUT2D eigenvalue weighted by Crippen LogP contribution is 2.31. The molecule has 4 aromatic rings. The Hall–Kier alpha value is -3.56. The third kappa shape index (κ3) is 8.26. The third-order valence-electron chi connectivity index (χ3n) is 7.20. The Morgan fingerprint density at radius 2 is 0.952 bits per heavy atom. The van der Waals surface area contributed by atoms with E-state index in [1.54, 1.807) is 7.11 Å². The van der Waals surface area contributed by atoms with Gasteiger partial charge >= 0.3 is 0 Å². The van der Waals surface area contributed by atoms with Gasteiger partial charge in [-0.1, -0.05) is 103 Å². The maximum atomic E-state index is 10.5. The zero-order valence-corrected chi connectivity index (χ0v) is 23.8. The molecule has 0 radical (unpaired) electrons. The smallest absolute Gasteiger partial charge is 0.187 e. The molecular formula is C35H38O7. The van der Waals surface area contributed by atoms with Gasteiger partial charge in [0.2, 0.25) is 0 Å². The predicted molar refractivity (Wildman–Crippen MR) is 159 cm³/mol. The lowest BCUT2D eigenvalue weighted by atomic mass is 9.97. The van der Waals surface area contributed by atoms with Crippen molar-refractivity contribution in [1.29, 1.82) is 0 Å². The van der Waals surface area contributed by atoms with Gasteiger partial charge in [0.05, 0.1) is 40.1 Å². The summed E-state index contributed by atoms with van der Waals surface area (Å²) in [6.07, 6.45) is -3.35. The quantitative estimate of drug-likeness (QED) is 0.209. The zero-order chi connectivity index (χ0) is 29.0. The topological polar surface area (TPSA) is 75.6 Å². The maximum absolute atomic E-state index is 10.5. The van der Waals surface area contributed by atoms with Crippen LogP contribution >= 0.6 is 0 Å². The van der Waals surface area contributed by atoms with Crippen LogP contribution in [-0.2, 0) is 50.1 Å². The van der Waals surface area contributed by atoms with E-state index in [0.29, 0.717) is 26.4 Å². The molecule has 0 aromatic heterocycles. The van der Waals surface area contributed by atoms with Gasteiger partial charge in [0.15, 0.2) is 6.29 Å². The Labute approximate surface area is 247 Å². The zero-order valence-electron chi connectivity index (χ0n) is 23.8. The first kappa shape index (κ1) is 29.9. The summed E-state index contributed by atoms with van der Waals surface area (Å²) in [5.41, 5.74) is 3.99. The summed E-state index contributed by atoms with van der Waals surface area (Å²) in [6, 6.07) is 37.5. The van der Waals surface area contributed by atoms with Crippen LogP contribution in [-0.4, -0.2) is 49.5 Å². The second-order valence-corrected chi connectivity index (χ2v) is 10.2. The first-order chi connectivity index (χ1) is 20.7. The third-order valence-corrected chi connectivity index (χ3v) is 7.20. The van der Waals surface area contributed by atoms with E-state index in [9.17, 15) is 5.11 Å². The lowest BCUT2D eigenvalue weighted by Crippen LogP contribution is -2.61. The van der Waals surface area contributed by atoms with Crippen molar-refractivity contribution in [2.45, 2.75) is 57.1 Å². The first-order valence-electron chi connectivity index (χ1n) is 14.2. The molecule has 0 aliphatic carbocycles. The molecule has 1 N–H and O–H groups in total. The summed E-state index contributed by atoms with van der Waals surface area (Å²) < 4.78 is 37.5. The van der Waals surface area contributed by atoms with E-state index in [1.165, 1.54) is 0 Å². The molecule has 4 aromatic carbocycles. The van der Waals surface area contributed by atoms with Gasteiger partial charge in [-0.2, -0.15) is 0 Å². The van der Waals surface area contributed by atoms with Gasteiger partial charge in [0.1, 0.15) is 30.2 Å². The second kappa shape index (κ2) is 15.6. The predicted octanol–water partition coefficient (Wildman–Crippen LogP) is 5.69. The van der Waals surface area contributed by atoms with Crippen LogP contribution < -0.4 is 4.74 Å². The van der Waals surface area contributed by atoms with E-state index in [1.807, 2.05) is 115 Å². The minimum atomic E-state index is -0.798. The summed E-state index contributed by atoms with van der Waals surface area (Å²) in [5.74, 6) is 0.768. The Bertz CT molecular complexity index is 1300. The van der Waals surface area contributed by atoms with Crippen molar-refractivity contribution in [3.8, 4) is 5.75 Å². The highest BCUT2D eigenvalue weighted by molar-refractivity contribution is 5.26. The van der Waals surface area contributed by atoms with E-state index in [2.05, 4.69) is 0 Å². The molecule has 1 heterocycles. The molecule has 1 aliphatic heterocycles. The number of aliphatic hydroxyl groups excluding tert-OH is 1.